The van der Waals surface area contributed by atoms with Crippen LogP contribution in [0, 0.1) is 0 Å². The highest BCUT2D eigenvalue weighted by Crippen LogP contribution is 2.20. The first-order valence-corrected chi connectivity index (χ1v) is 5.97. The highest BCUT2D eigenvalue weighted by molar-refractivity contribution is 5.95. The predicted molar refractivity (Wildman–Crippen MR) is 67.6 cm³/mol. The van der Waals surface area contributed by atoms with Crippen molar-refractivity contribution in [3.8, 4) is 0 Å². The van der Waals surface area contributed by atoms with Gasteiger partial charge >= 0.3 is 5.97 Å². The highest BCUT2D eigenvalue weighted by Gasteiger charge is 2.16. The van der Waals surface area contributed by atoms with Gasteiger partial charge in [-0.2, -0.15) is 0 Å². The van der Waals surface area contributed by atoms with E-state index >= 15 is 0 Å². The van der Waals surface area contributed by atoms with Crippen LogP contribution in [0.4, 0.5) is 11.5 Å². The lowest BCUT2D eigenvalue weighted by Crippen LogP contribution is -2.36. The van der Waals surface area contributed by atoms with Crippen molar-refractivity contribution in [2.45, 2.75) is 6.92 Å². The number of nitrogen functional groups attached to an aromatic ring is 1. The van der Waals surface area contributed by atoms with Crippen molar-refractivity contribution in [1.29, 1.82) is 0 Å². The molecule has 0 saturated carbocycles. The number of hydrogen-bond donors (Lipinski definition) is 1. The molecule has 2 heterocycles. The molecule has 0 bridgehead atoms. The maximum absolute atomic E-state index is 11.6. The number of nitrogens with zero attached hydrogens (tertiary/aromatic N) is 2. The molecule has 1 fully saturated rings. The average molecular weight is 251 g/mol. The Morgan fingerprint density at radius 1 is 1.56 bits per heavy atom. The third-order valence-electron chi connectivity index (χ3n) is 2.75. The second-order valence-corrected chi connectivity index (χ2v) is 3.95. The zero-order valence-electron chi connectivity index (χ0n) is 10.4. The Balaban J connectivity index is 2.16. The molecular formula is C12H17N3O3. The van der Waals surface area contributed by atoms with Crippen LogP contribution >= 0.6 is 0 Å². The Bertz CT molecular complexity index is 431. The molecule has 98 valence electrons. The van der Waals surface area contributed by atoms with E-state index in [2.05, 4.69) is 9.88 Å². The summed E-state index contributed by atoms with van der Waals surface area (Å²) >= 11 is 0. The normalized spacial score (nSPS) is 15.5. The lowest BCUT2D eigenvalue weighted by molar-refractivity contribution is 0.0527. The van der Waals surface area contributed by atoms with Crippen molar-refractivity contribution in [2.75, 3.05) is 43.5 Å². The van der Waals surface area contributed by atoms with Crippen LogP contribution in [0.2, 0.25) is 0 Å². The van der Waals surface area contributed by atoms with Crippen LogP contribution in [0.5, 0.6) is 0 Å². The first-order chi connectivity index (χ1) is 8.72. The largest absolute Gasteiger partial charge is 0.462 e. The number of pyridine rings is 1. The van der Waals surface area contributed by atoms with Gasteiger partial charge in [0, 0.05) is 25.4 Å². The number of nitrogens with two attached hydrogens (primary N) is 1. The zero-order valence-corrected chi connectivity index (χ0v) is 10.4. The SMILES string of the molecule is CCOC(=O)c1cnc(N2CCOCC2)cc1N. The Labute approximate surface area is 106 Å². The highest BCUT2D eigenvalue weighted by atomic mass is 16.5. The molecule has 0 spiro atoms. The summed E-state index contributed by atoms with van der Waals surface area (Å²) in [5.74, 6) is 0.333. The summed E-state index contributed by atoms with van der Waals surface area (Å²) in [6.45, 7) is 5.01. The summed E-state index contributed by atoms with van der Waals surface area (Å²) in [4.78, 5) is 17.9. The maximum Gasteiger partial charge on any atom is 0.341 e. The standard InChI is InChI=1S/C12H17N3O3/c1-2-18-12(16)9-8-14-11(7-10(9)13)15-3-5-17-6-4-15/h7-8H,2-6H2,1H3,(H2,13,14). The third kappa shape index (κ3) is 2.70. The van der Waals surface area contributed by atoms with Crippen molar-refractivity contribution in [1.82, 2.24) is 4.98 Å². The second kappa shape index (κ2) is 5.68. The molecule has 18 heavy (non-hydrogen) atoms. The number of rotatable bonds is 3. The molecule has 1 aromatic rings. The van der Waals surface area contributed by atoms with Crippen LogP contribution in [-0.4, -0.2) is 43.9 Å². The summed E-state index contributed by atoms with van der Waals surface area (Å²) in [5.41, 5.74) is 6.57. The fourth-order valence-corrected chi connectivity index (χ4v) is 1.80. The summed E-state index contributed by atoms with van der Waals surface area (Å²) in [7, 11) is 0. The van der Waals surface area contributed by atoms with Gasteiger partial charge in [-0.1, -0.05) is 0 Å². The summed E-state index contributed by atoms with van der Waals surface area (Å²) in [6, 6.07) is 1.71. The maximum atomic E-state index is 11.6. The van der Waals surface area contributed by atoms with Crippen LogP contribution in [0.1, 0.15) is 17.3 Å². The van der Waals surface area contributed by atoms with Crippen molar-refractivity contribution < 1.29 is 14.3 Å². The van der Waals surface area contributed by atoms with E-state index in [1.807, 2.05) is 0 Å². The zero-order chi connectivity index (χ0) is 13.0. The van der Waals surface area contributed by atoms with Crippen LogP contribution in [-0.2, 0) is 9.47 Å². The van der Waals surface area contributed by atoms with Gasteiger partial charge in [0.1, 0.15) is 11.4 Å². The van der Waals surface area contributed by atoms with Crippen LogP contribution in [0.25, 0.3) is 0 Å². The van der Waals surface area contributed by atoms with Gasteiger partial charge in [0.25, 0.3) is 0 Å². The van der Waals surface area contributed by atoms with Crippen LogP contribution in [0.3, 0.4) is 0 Å². The number of esters is 1. The molecule has 6 nitrogen and oxygen atoms in total. The molecule has 2 N–H and O–H groups in total. The van der Waals surface area contributed by atoms with E-state index in [-0.39, 0.29) is 0 Å². The van der Waals surface area contributed by atoms with Crippen molar-refractivity contribution in [2.24, 2.45) is 0 Å². The molecule has 0 atom stereocenters. The van der Waals surface area contributed by atoms with Gasteiger partial charge in [-0.05, 0) is 6.92 Å². The lowest BCUT2D eigenvalue weighted by Gasteiger charge is -2.28. The van der Waals surface area contributed by atoms with Gasteiger partial charge in [-0.25, -0.2) is 9.78 Å². The smallest absolute Gasteiger partial charge is 0.341 e. The lowest BCUT2D eigenvalue weighted by atomic mass is 10.2. The summed E-state index contributed by atoms with van der Waals surface area (Å²) < 4.78 is 10.2. The molecule has 6 heteroatoms. The minimum atomic E-state index is -0.434. The Morgan fingerprint density at radius 2 is 2.28 bits per heavy atom. The predicted octanol–water partition coefficient (Wildman–Crippen LogP) is 0.677. The molecule has 1 aromatic heterocycles. The fourth-order valence-electron chi connectivity index (χ4n) is 1.80. The van der Waals surface area contributed by atoms with E-state index in [0.717, 1.165) is 18.9 Å². The Morgan fingerprint density at radius 3 is 2.89 bits per heavy atom. The number of carbonyl (C=O) groups is 1. The van der Waals surface area contributed by atoms with Gasteiger partial charge in [-0.15, -0.1) is 0 Å². The molecule has 0 aromatic carbocycles. The van der Waals surface area contributed by atoms with Crippen molar-refractivity contribution in [3.05, 3.63) is 17.8 Å². The molecular weight excluding hydrogens is 234 g/mol. The van der Waals surface area contributed by atoms with E-state index in [1.165, 1.54) is 6.20 Å². The van der Waals surface area contributed by atoms with E-state index < -0.39 is 5.97 Å². The number of morpholine rings is 1. The Hall–Kier alpha value is -1.82. The van der Waals surface area contributed by atoms with Crippen LogP contribution in [0.15, 0.2) is 12.3 Å². The van der Waals surface area contributed by atoms with E-state index in [9.17, 15) is 4.79 Å². The molecule has 0 radical (unpaired) electrons. The average Bonchev–Trinajstić information content (AvgIpc) is 2.40. The molecule has 0 amide bonds. The summed E-state index contributed by atoms with van der Waals surface area (Å²) in [5, 5.41) is 0. The topological polar surface area (TPSA) is 77.7 Å². The minimum absolute atomic E-state index is 0.314. The number of aromatic nitrogens is 1. The third-order valence-corrected chi connectivity index (χ3v) is 2.75. The van der Waals surface area contributed by atoms with Gasteiger partial charge in [0.15, 0.2) is 0 Å². The van der Waals surface area contributed by atoms with Gasteiger partial charge in [0.05, 0.1) is 25.5 Å². The summed E-state index contributed by atoms with van der Waals surface area (Å²) in [6.07, 6.45) is 1.47. The molecule has 1 saturated heterocycles. The molecule has 0 aliphatic carbocycles. The quantitative estimate of drug-likeness (QED) is 0.796. The Kier molecular flexibility index (Phi) is 3.99. The second-order valence-electron chi connectivity index (χ2n) is 3.95. The van der Waals surface area contributed by atoms with E-state index in [4.69, 9.17) is 15.2 Å². The minimum Gasteiger partial charge on any atom is -0.462 e. The fraction of sp³-hybridized carbons (Fsp3) is 0.500. The van der Waals surface area contributed by atoms with Crippen molar-refractivity contribution in [3.63, 3.8) is 0 Å². The number of ether oxygens (including phenoxy) is 2. The molecule has 0 unspecified atom stereocenters. The molecule has 1 aliphatic rings. The molecule has 1 aliphatic heterocycles. The van der Waals surface area contributed by atoms with E-state index in [0.29, 0.717) is 31.1 Å². The number of hydrogen-bond acceptors (Lipinski definition) is 6. The monoisotopic (exact) mass is 251 g/mol. The first kappa shape index (κ1) is 12.6. The van der Waals surface area contributed by atoms with Gasteiger partial charge in [-0.3, -0.25) is 0 Å². The first-order valence-electron chi connectivity index (χ1n) is 5.97. The van der Waals surface area contributed by atoms with Gasteiger partial charge < -0.3 is 20.1 Å². The number of anilines is 2. The van der Waals surface area contributed by atoms with Crippen molar-refractivity contribution >= 4 is 17.5 Å². The molecule has 2 rings (SSSR count). The number of carbonyl (C=O) groups excluding carboxylic acids is 1. The van der Waals surface area contributed by atoms with Crippen LogP contribution < -0.4 is 10.6 Å². The van der Waals surface area contributed by atoms with E-state index in [1.54, 1.807) is 13.0 Å². The van der Waals surface area contributed by atoms with Gasteiger partial charge in [0.2, 0.25) is 0 Å².